The monoisotopic (exact) mass is 333 g/mol. The fourth-order valence-electron chi connectivity index (χ4n) is 2.70. The molecule has 6 nitrogen and oxygen atoms in total. The fourth-order valence-corrected chi connectivity index (χ4v) is 3.28. The van der Waals surface area contributed by atoms with Crippen LogP contribution in [0.5, 0.6) is 0 Å². The molecule has 1 aliphatic rings. The number of aryl methyl sites for hydroxylation is 1. The Bertz CT molecular complexity index is 695. The zero-order chi connectivity index (χ0) is 16.3. The highest BCUT2D eigenvalue weighted by Gasteiger charge is 2.40. The molecule has 1 aromatic carbocycles. The van der Waals surface area contributed by atoms with Crippen LogP contribution in [0, 0.1) is 12.3 Å². The Labute approximate surface area is 138 Å². The molecule has 1 aromatic heterocycles. The fraction of sp³-hybridized carbons (Fsp3) is 0.438. The van der Waals surface area contributed by atoms with E-state index in [1.807, 2.05) is 31.2 Å². The molecule has 3 rings (SSSR count). The molecular weight excluding hydrogens is 314 g/mol. The van der Waals surface area contributed by atoms with Gasteiger partial charge in [-0.2, -0.15) is 9.36 Å². The van der Waals surface area contributed by atoms with Gasteiger partial charge in [-0.1, -0.05) is 24.3 Å². The summed E-state index contributed by atoms with van der Waals surface area (Å²) in [4.78, 5) is 16.1. The summed E-state index contributed by atoms with van der Waals surface area (Å²) >= 11 is 1.26. The molecule has 1 fully saturated rings. The maximum absolute atomic E-state index is 11.6. The first-order valence-electron chi connectivity index (χ1n) is 7.55. The second-order valence-corrected chi connectivity index (χ2v) is 6.54. The van der Waals surface area contributed by atoms with Crippen molar-refractivity contribution in [2.75, 3.05) is 25.1 Å². The number of nitrogens with one attached hydrogen (secondary N) is 1. The highest BCUT2D eigenvalue weighted by molar-refractivity contribution is 7.09. The first-order valence-corrected chi connectivity index (χ1v) is 8.33. The maximum atomic E-state index is 11.6. The third-order valence-electron chi connectivity index (χ3n) is 4.29. The number of carbonyl (C=O) groups is 1. The van der Waals surface area contributed by atoms with Gasteiger partial charge in [0.15, 0.2) is 5.82 Å². The van der Waals surface area contributed by atoms with Crippen LogP contribution in [0.4, 0.5) is 5.13 Å². The molecule has 0 radical (unpaired) electrons. The predicted octanol–water partition coefficient (Wildman–Crippen LogP) is 2.81. The number of hydrogen-bond donors (Lipinski definition) is 2. The highest BCUT2D eigenvalue weighted by atomic mass is 32.1. The van der Waals surface area contributed by atoms with E-state index in [1.54, 1.807) is 0 Å². The van der Waals surface area contributed by atoms with Crippen molar-refractivity contribution in [1.29, 1.82) is 0 Å². The molecule has 0 bridgehead atoms. The van der Waals surface area contributed by atoms with Crippen molar-refractivity contribution in [1.82, 2.24) is 9.36 Å². The first kappa shape index (κ1) is 15.9. The van der Waals surface area contributed by atoms with Gasteiger partial charge in [-0.3, -0.25) is 4.79 Å². The van der Waals surface area contributed by atoms with Crippen LogP contribution in [0.3, 0.4) is 0 Å². The van der Waals surface area contributed by atoms with Crippen molar-refractivity contribution in [2.24, 2.45) is 5.41 Å². The molecule has 2 N–H and O–H groups in total. The van der Waals surface area contributed by atoms with Gasteiger partial charge in [-0.15, -0.1) is 0 Å². The van der Waals surface area contributed by atoms with Crippen LogP contribution in [0.25, 0.3) is 11.4 Å². The number of aromatic nitrogens is 2. The Morgan fingerprint density at radius 1 is 1.39 bits per heavy atom. The quantitative estimate of drug-likeness (QED) is 0.875. The third kappa shape index (κ3) is 3.35. The van der Waals surface area contributed by atoms with Gasteiger partial charge in [0.1, 0.15) is 0 Å². The van der Waals surface area contributed by atoms with E-state index in [0.717, 1.165) is 11.1 Å². The summed E-state index contributed by atoms with van der Waals surface area (Å²) in [6.07, 6.45) is 1.03. The van der Waals surface area contributed by atoms with Crippen LogP contribution < -0.4 is 5.32 Å². The number of ether oxygens (including phenoxy) is 1. The lowest BCUT2D eigenvalue weighted by Gasteiger charge is -2.32. The van der Waals surface area contributed by atoms with Crippen molar-refractivity contribution in [3.63, 3.8) is 0 Å². The van der Waals surface area contributed by atoms with E-state index in [9.17, 15) is 9.90 Å². The zero-order valence-corrected chi connectivity index (χ0v) is 13.7. The molecule has 0 saturated carbocycles. The van der Waals surface area contributed by atoms with E-state index in [0.29, 0.717) is 43.6 Å². The third-order valence-corrected chi connectivity index (χ3v) is 4.97. The summed E-state index contributed by atoms with van der Waals surface area (Å²) in [5.74, 6) is -0.108. The molecule has 0 unspecified atom stereocenters. The molecule has 7 heteroatoms. The van der Waals surface area contributed by atoms with Gasteiger partial charge in [-0.25, -0.2) is 0 Å². The molecular formula is C16H19N3O3S. The topological polar surface area (TPSA) is 84.3 Å². The minimum absolute atomic E-state index is 0.341. The summed E-state index contributed by atoms with van der Waals surface area (Å²) in [7, 11) is 0. The largest absolute Gasteiger partial charge is 0.481 e. The van der Waals surface area contributed by atoms with Gasteiger partial charge in [0.05, 0.1) is 5.41 Å². The molecule has 2 heterocycles. The number of carboxylic acid groups (broad SMARTS) is 1. The molecule has 0 aliphatic carbocycles. The van der Waals surface area contributed by atoms with Gasteiger partial charge < -0.3 is 15.2 Å². The summed E-state index contributed by atoms with van der Waals surface area (Å²) in [5, 5.41) is 13.4. The molecule has 23 heavy (non-hydrogen) atoms. The smallest absolute Gasteiger partial charge is 0.311 e. The van der Waals surface area contributed by atoms with Gasteiger partial charge in [-0.05, 0) is 25.3 Å². The van der Waals surface area contributed by atoms with Crippen molar-refractivity contribution >= 4 is 22.6 Å². The number of rotatable bonds is 5. The van der Waals surface area contributed by atoms with Crippen LogP contribution in [-0.2, 0) is 9.53 Å². The van der Waals surface area contributed by atoms with Gasteiger partial charge in [0.2, 0.25) is 5.13 Å². The normalized spacial score (nSPS) is 16.9. The molecule has 0 atom stereocenters. The standard InChI is InChI=1S/C16H19N3O3S/c1-11-4-2-3-5-12(11)13-18-15(23-19-13)17-10-16(14(20)21)6-8-22-9-7-16/h2-5H,6-10H2,1H3,(H,20,21)(H,17,18,19). The Morgan fingerprint density at radius 3 is 2.83 bits per heavy atom. The predicted molar refractivity (Wildman–Crippen MR) is 88.7 cm³/mol. The Morgan fingerprint density at radius 2 is 2.13 bits per heavy atom. The summed E-state index contributed by atoms with van der Waals surface area (Å²) in [6.45, 7) is 3.33. The van der Waals surface area contributed by atoms with E-state index in [-0.39, 0.29) is 0 Å². The summed E-state index contributed by atoms with van der Waals surface area (Å²) < 4.78 is 9.66. The van der Waals surface area contributed by atoms with Crippen molar-refractivity contribution in [3.05, 3.63) is 29.8 Å². The number of aliphatic carboxylic acids is 1. The number of anilines is 1. The minimum Gasteiger partial charge on any atom is -0.481 e. The average molecular weight is 333 g/mol. The van der Waals surface area contributed by atoms with E-state index < -0.39 is 11.4 Å². The van der Waals surface area contributed by atoms with E-state index in [2.05, 4.69) is 14.7 Å². The van der Waals surface area contributed by atoms with Gasteiger partial charge in [0, 0.05) is 36.9 Å². The van der Waals surface area contributed by atoms with Gasteiger partial charge in [0.25, 0.3) is 0 Å². The van der Waals surface area contributed by atoms with E-state index in [1.165, 1.54) is 11.5 Å². The molecule has 1 aliphatic heterocycles. The number of carboxylic acids is 1. The molecule has 0 spiro atoms. The first-order chi connectivity index (χ1) is 11.1. The lowest BCUT2D eigenvalue weighted by atomic mass is 9.80. The van der Waals surface area contributed by atoms with Crippen molar-refractivity contribution < 1.29 is 14.6 Å². The molecule has 2 aromatic rings. The number of benzene rings is 1. The average Bonchev–Trinajstić information content (AvgIpc) is 3.03. The summed E-state index contributed by atoms with van der Waals surface area (Å²) in [6, 6.07) is 7.94. The van der Waals surface area contributed by atoms with Crippen LogP contribution in [0.2, 0.25) is 0 Å². The highest BCUT2D eigenvalue weighted by Crippen LogP contribution is 2.32. The Balaban J connectivity index is 1.72. The lowest BCUT2D eigenvalue weighted by molar-refractivity contribution is -0.153. The maximum Gasteiger partial charge on any atom is 0.311 e. The SMILES string of the molecule is Cc1ccccc1-c1nsc(NCC2(C(=O)O)CCOCC2)n1. The van der Waals surface area contributed by atoms with Crippen LogP contribution in [-0.4, -0.2) is 40.2 Å². The molecule has 1 saturated heterocycles. The van der Waals surface area contributed by atoms with Crippen LogP contribution in [0.1, 0.15) is 18.4 Å². The van der Waals surface area contributed by atoms with Gasteiger partial charge >= 0.3 is 5.97 Å². The lowest BCUT2D eigenvalue weighted by Crippen LogP contribution is -2.42. The Hall–Kier alpha value is -1.99. The zero-order valence-electron chi connectivity index (χ0n) is 12.9. The Kier molecular flexibility index (Phi) is 4.58. The molecule has 122 valence electrons. The minimum atomic E-state index is -0.785. The van der Waals surface area contributed by atoms with Crippen molar-refractivity contribution in [3.8, 4) is 11.4 Å². The van der Waals surface area contributed by atoms with E-state index >= 15 is 0 Å². The molecule has 0 amide bonds. The van der Waals surface area contributed by atoms with Crippen LogP contribution in [0.15, 0.2) is 24.3 Å². The number of nitrogens with zero attached hydrogens (tertiary/aromatic N) is 2. The van der Waals surface area contributed by atoms with Crippen molar-refractivity contribution in [2.45, 2.75) is 19.8 Å². The van der Waals surface area contributed by atoms with Crippen LogP contribution >= 0.6 is 11.5 Å². The summed E-state index contributed by atoms with van der Waals surface area (Å²) in [5.41, 5.74) is 1.33. The second-order valence-electron chi connectivity index (χ2n) is 5.79. The second kappa shape index (κ2) is 6.64. The number of hydrogen-bond acceptors (Lipinski definition) is 6. The van der Waals surface area contributed by atoms with E-state index in [4.69, 9.17) is 4.74 Å².